The molecule has 2 N–H and O–H groups in total. The van der Waals surface area contributed by atoms with E-state index >= 15 is 0 Å². The monoisotopic (exact) mass is 355 g/mol. The van der Waals surface area contributed by atoms with Crippen LogP contribution in [0.25, 0.3) is 0 Å². The fourth-order valence-corrected chi connectivity index (χ4v) is 3.25. The van der Waals surface area contributed by atoms with Gasteiger partial charge in [0.1, 0.15) is 11.8 Å². The minimum Gasteiger partial charge on any atom is -0.393 e. The zero-order valence-electron chi connectivity index (χ0n) is 14.7. The fourth-order valence-electron chi connectivity index (χ4n) is 3.25. The molecule has 7 heteroatoms. The number of hydrogen-bond donors (Lipinski definition) is 1. The highest BCUT2D eigenvalue weighted by molar-refractivity contribution is 6.01. The number of nitrogens with zero attached hydrogens (tertiary/aromatic N) is 2. The molecule has 0 spiro atoms. The Balaban J connectivity index is 1.91. The molecule has 0 radical (unpaired) electrons. The van der Waals surface area contributed by atoms with Crippen LogP contribution < -0.4 is 5.73 Å². The van der Waals surface area contributed by atoms with Gasteiger partial charge in [-0.3, -0.25) is 14.9 Å². The van der Waals surface area contributed by atoms with Gasteiger partial charge < -0.3 is 15.4 Å². The Labute approximate surface area is 151 Å². The summed E-state index contributed by atoms with van der Waals surface area (Å²) in [5.41, 5.74) is 7.35. The van der Waals surface area contributed by atoms with Gasteiger partial charge in [0.15, 0.2) is 0 Å². The number of nitro benzene ring substituents is 1. The lowest BCUT2D eigenvalue weighted by atomic mass is 10.0. The molecular weight excluding hydrogens is 334 g/mol. The standard InChI is InChI=1S/C19H21N3O4/c1-12-8-15(18(20)16(9-12)22(24)25)19(23)21-10-13(2)26-17(11-21)14-6-4-3-5-7-14/h3-9,13,17H,10-11,20H2,1-2H3/t13-,17+/m1/s1. The Kier molecular flexibility index (Phi) is 4.90. The maximum absolute atomic E-state index is 13.0. The Hall–Kier alpha value is -2.93. The number of aryl methyl sites for hydroxylation is 1. The molecule has 1 heterocycles. The topological polar surface area (TPSA) is 98.7 Å². The van der Waals surface area contributed by atoms with Crippen molar-refractivity contribution in [3.63, 3.8) is 0 Å². The zero-order chi connectivity index (χ0) is 18.8. The van der Waals surface area contributed by atoms with Crippen LogP contribution in [0.5, 0.6) is 0 Å². The predicted molar refractivity (Wildman–Crippen MR) is 97.9 cm³/mol. The molecule has 0 aliphatic carbocycles. The van der Waals surface area contributed by atoms with E-state index in [4.69, 9.17) is 10.5 Å². The number of anilines is 1. The van der Waals surface area contributed by atoms with Gasteiger partial charge in [0, 0.05) is 12.6 Å². The SMILES string of the molecule is Cc1cc(C(=O)N2C[C@@H](C)O[C@H](c3ccccc3)C2)c(N)c([N+](=O)[O-])c1. The first-order chi connectivity index (χ1) is 12.4. The molecule has 1 saturated heterocycles. The van der Waals surface area contributed by atoms with E-state index in [1.165, 1.54) is 6.07 Å². The molecule has 0 saturated carbocycles. The van der Waals surface area contributed by atoms with Gasteiger partial charge in [-0.2, -0.15) is 0 Å². The third kappa shape index (κ3) is 3.52. The highest BCUT2D eigenvalue weighted by atomic mass is 16.6. The summed E-state index contributed by atoms with van der Waals surface area (Å²) in [6.07, 6.45) is -0.399. The summed E-state index contributed by atoms with van der Waals surface area (Å²) in [6, 6.07) is 12.7. The van der Waals surface area contributed by atoms with E-state index in [1.54, 1.807) is 17.9 Å². The van der Waals surface area contributed by atoms with Crippen LogP contribution in [0.2, 0.25) is 0 Å². The number of benzene rings is 2. The summed E-state index contributed by atoms with van der Waals surface area (Å²) < 4.78 is 5.97. The molecule has 2 aromatic carbocycles. The smallest absolute Gasteiger partial charge is 0.293 e. The van der Waals surface area contributed by atoms with Crippen LogP contribution in [0.1, 0.15) is 34.5 Å². The van der Waals surface area contributed by atoms with Crippen molar-refractivity contribution in [1.29, 1.82) is 0 Å². The van der Waals surface area contributed by atoms with Crippen molar-refractivity contribution in [3.05, 3.63) is 69.3 Å². The van der Waals surface area contributed by atoms with Crippen molar-refractivity contribution in [1.82, 2.24) is 4.90 Å². The second kappa shape index (κ2) is 7.13. The van der Waals surface area contributed by atoms with Gasteiger partial charge in [-0.15, -0.1) is 0 Å². The molecule has 1 aliphatic rings. The first kappa shape index (κ1) is 17.9. The number of nitrogen functional groups attached to an aromatic ring is 1. The summed E-state index contributed by atoms with van der Waals surface area (Å²) >= 11 is 0. The van der Waals surface area contributed by atoms with E-state index in [1.807, 2.05) is 37.3 Å². The molecule has 2 atom stereocenters. The highest BCUT2D eigenvalue weighted by Crippen LogP contribution is 2.31. The van der Waals surface area contributed by atoms with Crippen molar-refractivity contribution in [2.45, 2.75) is 26.1 Å². The van der Waals surface area contributed by atoms with Crippen LogP contribution in [-0.4, -0.2) is 34.9 Å². The van der Waals surface area contributed by atoms with Crippen molar-refractivity contribution in [3.8, 4) is 0 Å². The Morgan fingerprint density at radius 3 is 2.62 bits per heavy atom. The Morgan fingerprint density at radius 2 is 1.96 bits per heavy atom. The van der Waals surface area contributed by atoms with Gasteiger partial charge in [-0.1, -0.05) is 30.3 Å². The largest absolute Gasteiger partial charge is 0.393 e. The summed E-state index contributed by atoms with van der Waals surface area (Å²) in [7, 11) is 0. The van der Waals surface area contributed by atoms with Crippen LogP contribution in [0.3, 0.4) is 0 Å². The lowest BCUT2D eigenvalue weighted by molar-refractivity contribution is -0.384. The van der Waals surface area contributed by atoms with Crippen molar-refractivity contribution < 1.29 is 14.5 Å². The molecule has 1 fully saturated rings. The average molecular weight is 355 g/mol. The maximum Gasteiger partial charge on any atom is 0.293 e. The second-order valence-corrected chi connectivity index (χ2v) is 6.56. The molecule has 0 bridgehead atoms. The summed E-state index contributed by atoms with van der Waals surface area (Å²) in [6.45, 7) is 4.38. The van der Waals surface area contributed by atoms with E-state index in [0.717, 1.165) is 5.56 Å². The summed E-state index contributed by atoms with van der Waals surface area (Å²) in [5, 5.41) is 11.2. The van der Waals surface area contributed by atoms with Crippen LogP contribution in [0.4, 0.5) is 11.4 Å². The number of rotatable bonds is 3. The van der Waals surface area contributed by atoms with Gasteiger partial charge >= 0.3 is 0 Å². The molecular formula is C19H21N3O4. The number of nitrogens with two attached hydrogens (primary N) is 1. The van der Waals surface area contributed by atoms with Crippen molar-refractivity contribution in [2.75, 3.05) is 18.8 Å². The van der Waals surface area contributed by atoms with Crippen LogP contribution in [0, 0.1) is 17.0 Å². The van der Waals surface area contributed by atoms with Gasteiger partial charge in [-0.25, -0.2) is 0 Å². The van der Waals surface area contributed by atoms with Crippen LogP contribution in [-0.2, 0) is 4.74 Å². The highest BCUT2D eigenvalue weighted by Gasteiger charge is 2.32. The first-order valence-corrected chi connectivity index (χ1v) is 8.41. The molecule has 136 valence electrons. The maximum atomic E-state index is 13.0. The number of ether oxygens (including phenoxy) is 1. The average Bonchev–Trinajstić information content (AvgIpc) is 2.62. The Morgan fingerprint density at radius 1 is 1.27 bits per heavy atom. The van der Waals surface area contributed by atoms with Crippen molar-refractivity contribution >= 4 is 17.3 Å². The number of nitro groups is 1. The minimum atomic E-state index is -0.562. The van der Waals surface area contributed by atoms with Gasteiger partial charge in [0.25, 0.3) is 11.6 Å². The summed E-state index contributed by atoms with van der Waals surface area (Å²) in [5.74, 6) is -0.314. The Bertz CT molecular complexity index is 838. The first-order valence-electron chi connectivity index (χ1n) is 8.41. The molecule has 0 unspecified atom stereocenters. The molecule has 7 nitrogen and oxygen atoms in total. The van der Waals surface area contributed by atoms with E-state index in [2.05, 4.69) is 0 Å². The molecule has 3 rings (SSSR count). The number of carbonyl (C=O) groups is 1. The predicted octanol–water partition coefficient (Wildman–Crippen LogP) is 3.09. The van der Waals surface area contributed by atoms with Crippen LogP contribution >= 0.6 is 0 Å². The normalized spacial score (nSPS) is 20.0. The minimum absolute atomic E-state index is 0.0963. The second-order valence-electron chi connectivity index (χ2n) is 6.56. The molecule has 2 aromatic rings. The van der Waals surface area contributed by atoms with E-state index in [9.17, 15) is 14.9 Å². The van der Waals surface area contributed by atoms with Gasteiger partial charge in [0.2, 0.25) is 0 Å². The number of hydrogen-bond acceptors (Lipinski definition) is 5. The van der Waals surface area contributed by atoms with E-state index in [-0.39, 0.29) is 35.1 Å². The molecule has 1 amide bonds. The number of carbonyl (C=O) groups excluding carboxylic acids is 1. The van der Waals surface area contributed by atoms with Crippen molar-refractivity contribution in [2.24, 2.45) is 0 Å². The molecule has 1 aliphatic heterocycles. The van der Waals surface area contributed by atoms with Gasteiger partial charge in [-0.05, 0) is 31.0 Å². The quantitative estimate of drug-likeness (QED) is 0.518. The summed E-state index contributed by atoms with van der Waals surface area (Å²) in [4.78, 5) is 25.3. The fraction of sp³-hybridized carbons (Fsp3) is 0.316. The lowest BCUT2D eigenvalue weighted by Gasteiger charge is -2.37. The van der Waals surface area contributed by atoms with Gasteiger partial charge in [0.05, 0.1) is 23.1 Å². The number of amides is 1. The molecule has 26 heavy (non-hydrogen) atoms. The lowest BCUT2D eigenvalue weighted by Crippen LogP contribution is -2.46. The van der Waals surface area contributed by atoms with E-state index in [0.29, 0.717) is 18.7 Å². The third-order valence-corrected chi connectivity index (χ3v) is 4.45. The zero-order valence-corrected chi connectivity index (χ0v) is 14.7. The van der Waals surface area contributed by atoms with Crippen LogP contribution in [0.15, 0.2) is 42.5 Å². The number of morpholine rings is 1. The molecule has 0 aromatic heterocycles. The third-order valence-electron chi connectivity index (χ3n) is 4.45. The van der Waals surface area contributed by atoms with E-state index < -0.39 is 4.92 Å².